The molecule has 138 valence electrons. The Morgan fingerprint density at radius 3 is 2.04 bits per heavy atom. The minimum absolute atomic E-state index is 0.0461. The molecule has 1 aromatic heterocycles. The zero-order valence-corrected chi connectivity index (χ0v) is 15.1. The molecule has 8 nitrogen and oxygen atoms in total. The standard InChI is InChI=1S/C11H8O2.C6H8N2O.H2O3S/c1-7-6-10(12)8-4-2-3-5-9(8)11(7)13;1-4-3-5(2)8-6(9)7-4;1-4(2)3/h2-6H,1H3;3H,1-2H3,(H,7,8,9);(H2,1,2,3)/p-2. The predicted octanol–water partition coefficient (Wildman–Crippen LogP) is 1.39. The number of aromatic nitrogens is 2. The molecule has 0 spiro atoms. The number of allylic oxidation sites excluding steroid dienone is 2. The minimum atomic E-state index is -3.11. The first-order chi connectivity index (χ1) is 12.1. The minimum Gasteiger partial charge on any atom is -0.784 e. The molecule has 0 bridgehead atoms. The highest BCUT2D eigenvalue weighted by Crippen LogP contribution is 2.20. The summed E-state index contributed by atoms with van der Waals surface area (Å²) in [5.41, 5.74) is 2.89. The number of rotatable bonds is 0. The summed E-state index contributed by atoms with van der Waals surface area (Å²) in [6.07, 6.45) is 1.39. The van der Waals surface area contributed by atoms with Gasteiger partial charge in [-0.3, -0.25) is 13.8 Å². The lowest BCUT2D eigenvalue weighted by Gasteiger charge is -2.11. The van der Waals surface area contributed by atoms with E-state index in [1.54, 1.807) is 38.1 Å². The van der Waals surface area contributed by atoms with Crippen LogP contribution in [0.3, 0.4) is 0 Å². The largest absolute Gasteiger partial charge is 0.784 e. The van der Waals surface area contributed by atoms with Gasteiger partial charge in [-0.2, -0.15) is 4.98 Å². The van der Waals surface area contributed by atoms with E-state index in [2.05, 4.69) is 9.97 Å². The second kappa shape index (κ2) is 9.66. The number of nitrogens with zero attached hydrogens (tertiary/aromatic N) is 1. The fraction of sp³-hybridized carbons (Fsp3) is 0.176. The van der Waals surface area contributed by atoms with E-state index in [9.17, 15) is 14.4 Å². The number of fused-ring (bicyclic) bond motifs is 1. The summed E-state index contributed by atoms with van der Waals surface area (Å²) in [4.78, 5) is 39.7. The van der Waals surface area contributed by atoms with Crippen molar-refractivity contribution in [1.29, 1.82) is 0 Å². The third-order valence-electron chi connectivity index (χ3n) is 3.15. The van der Waals surface area contributed by atoms with Crippen molar-refractivity contribution in [2.45, 2.75) is 20.8 Å². The number of carbonyl (C=O) groups is 2. The molecule has 0 unspecified atom stereocenters. The maximum atomic E-state index is 11.5. The molecule has 0 saturated carbocycles. The molecule has 1 aliphatic rings. The normalized spacial score (nSPS) is 12.3. The SMILES string of the molecule is CC1=CC(=O)c2ccccc2C1=O.Cc1cc(C)[nH]c(=O)n1.O=S([O-])[O-]. The molecule has 0 saturated heterocycles. The maximum Gasteiger partial charge on any atom is 0.345 e. The first-order valence-electron chi connectivity index (χ1n) is 7.29. The lowest BCUT2D eigenvalue weighted by atomic mass is 9.90. The van der Waals surface area contributed by atoms with E-state index in [0.29, 0.717) is 16.7 Å². The summed E-state index contributed by atoms with van der Waals surface area (Å²) in [5, 5.41) is 0. The van der Waals surface area contributed by atoms with Crippen LogP contribution in [0, 0.1) is 13.8 Å². The Morgan fingerprint density at radius 1 is 1.00 bits per heavy atom. The quantitative estimate of drug-likeness (QED) is 0.684. The number of ketones is 2. The van der Waals surface area contributed by atoms with E-state index >= 15 is 0 Å². The summed E-state index contributed by atoms with van der Waals surface area (Å²) in [7, 11) is 0. The van der Waals surface area contributed by atoms with Gasteiger partial charge >= 0.3 is 5.69 Å². The average Bonchev–Trinajstić information content (AvgIpc) is 2.51. The Morgan fingerprint density at radius 2 is 1.54 bits per heavy atom. The topological polar surface area (TPSA) is 143 Å². The molecule has 9 heteroatoms. The fourth-order valence-electron chi connectivity index (χ4n) is 2.19. The van der Waals surface area contributed by atoms with Crippen molar-refractivity contribution in [3.05, 3.63) is 75.0 Å². The predicted molar refractivity (Wildman–Crippen MR) is 92.9 cm³/mol. The molecule has 1 N–H and O–H groups in total. The highest BCUT2D eigenvalue weighted by molar-refractivity contribution is 7.72. The summed E-state index contributed by atoms with van der Waals surface area (Å²) in [6.45, 7) is 5.29. The van der Waals surface area contributed by atoms with Crippen LogP contribution in [0.2, 0.25) is 0 Å². The lowest BCUT2D eigenvalue weighted by molar-refractivity contribution is 0.0984. The third kappa shape index (κ3) is 6.63. The number of Topliss-reactive ketones (excluding diaryl/α,β-unsaturated/α-hetero) is 1. The number of benzene rings is 1. The van der Waals surface area contributed by atoms with E-state index in [4.69, 9.17) is 13.3 Å². The zero-order chi connectivity index (χ0) is 19.9. The van der Waals surface area contributed by atoms with E-state index in [1.807, 2.05) is 13.0 Å². The number of H-pyrrole nitrogens is 1. The van der Waals surface area contributed by atoms with Crippen LogP contribution < -0.4 is 5.69 Å². The molecule has 26 heavy (non-hydrogen) atoms. The van der Waals surface area contributed by atoms with Gasteiger partial charge in [-0.15, -0.1) is 11.4 Å². The Labute approximate surface area is 152 Å². The van der Waals surface area contributed by atoms with Gasteiger partial charge in [0.2, 0.25) is 0 Å². The molecule has 1 aliphatic carbocycles. The molecule has 0 atom stereocenters. The van der Waals surface area contributed by atoms with Gasteiger partial charge < -0.3 is 14.1 Å². The van der Waals surface area contributed by atoms with Crippen LogP contribution in [0.5, 0.6) is 0 Å². The van der Waals surface area contributed by atoms with Crippen LogP contribution in [0.1, 0.15) is 39.0 Å². The monoisotopic (exact) mass is 376 g/mol. The average molecular weight is 376 g/mol. The number of hydrogen-bond donors (Lipinski definition) is 1. The highest BCUT2D eigenvalue weighted by atomic mass is 32.2. The van der Waals surface area contributed by atoms with Gasteiger partial charge in [0.05, 0.1) is 0 Å². The van der Waals surface area contributed by atoms with Crippen LogP contribution >= 0.6 is 0 Å². The first-order valence-corrected chi connectivity index (χ1v) is 8.29. The number of aryl methyl sites for hydroxylation is 2. The number of nitrogens with one attached hydrogen (secondary N) is 1. The summed E-state index contributed by atoms with van der Waals surface area (Å²) in [6, 6.07) is 8.72. The van der Waals surface area contributed by atoms with E-state index < -0.39 is 11.4 Å². The van der Waals surface area contributed by atoms with Crippen molar-refractivity contribution < 1.29 is 22.9 Å². The molecule has 3 rings (SSSR count). The summed E-state index contributed by atoms with van der Waals surface area (Å²) < 4.78 is 25.3. The molecular weight excluding hydrogens is 360 g/mol. The van der Waals surface area contributed by atoms with E-state index in [0.717, 1.165) is 11.4 Å². The van der Waals surface area contributed by atoms with Crippen LogP contribution in [0.4, 0.5) is 0 Å². The highest BCUT2D eigenvalue weighted by Gasteiger charge is 2.21. The van der Waals surface area contributed by atoms with Crippen LogP contribution in [0.15, 0.2) is 46.8 Å². The molecule has 0 amide bonds. The van der Waals surface area contributed by atoms with E-state index in [1.165, 1.54) is 6.08 Å². The third-order valence-corrected chi connectivity index (χ3v) is 3.15. The van der Waals surface area contributed by atoms with Crippen molar-refractivity contribution in [2.75, 3.05) is 0 Å². The number of carbonyl (C=O) groups excluding carboxylic acids is 2. The number of aromatic amines is 1. The molecule has 1 aromatic carbocycles. The molecule has 0 aliphatic heterocycles. The molecule has 0 fully saturated rings. The smallest absolute Gasteiger partial charge is 0.345 e. The summed E-state index contributed by atoms with van der Waals surface area (Å²) >= 11 is -3.11. The van der Waals surface area contributed by atoms with Gasteiger partial charge in [-0.05, 0) is 32.9 Å². The second-order valence-electron chi connectivity index (χ2n) is 5.28. The second-order valence-corrected chi connectivity index (χ2v) is 5.69. The van der Waals surface area contributed by atoms with Gasteiger partial charge in [0.25, 0.3) is 0 Å². The number of hydrogen-bond acceptors (Lipinski definition) is 7. The molecule has 1 heterocycles. The van der Waals surface area contributed by atoms with Gasteiger partial charge in [0.15, 0.2) is 11.6 Å². The van der Waals surface area contributed by atoms with Gasteiger partial charge in [0.1, 0.15) is 0 Å². The molecular formula is C17H16N2O6S-2. The van der Waals surface area contributed by atoms with Crippen molar-refractivity contribution in [3.8, 4) is 0 Å². The van der Waals surface area contributed by atoms with Gasteiger partial charge in [0, 0.05) is 28.1 Å². The van der Waals surface area contributed by atoms with Crippen molar-refractivity contribution in [2.24, 2.45) is 0 Å². The zero-order valence-electron chi connectivity index (χ0n) is 14.3. The van der Waals surface area contributed by atoms with Crippen molar-refractivity contribution in [1.82, 2.24) is 9.97 Å². The lowest BCUT2D eigenvalue weighted by Crippen LogP contribution is -2.14. The Bertz CT molecular complexity index is 906. The Balaban J connectivity index is 0.000000227. The van der Waals surface area contributed by atoms with Crippen molar-refractivity contribution in [3.63, 3.8) is 0 Å². The molecule has 2 aromatic rings. The molecule has 0 radical (unpaired) electrons. The summed E-state index contributed by atoms with van der Waals surface area (Å²) in [5.74, 6) is -0.122. The van der Waals surface area contributed by atoms with Crippen LogP contribution in [0.25, 0.3) is 0 Å². The van der Waals surface area contributed by atoms with Gasteiger partial charge in [-0.1, -0.05) is 24.3 Å². The van der Waals surface area contributed by atoms with Crippen molar-refractivity contribution >= 4 is 22.9 Å². The van der Waals surface area contributed by atoms with Gasteiger partial charge in [-0.25, -0.2) is 4.79 Å². The first kappa shape index (κ1) is 21.3. The fourth-order valence-corrected chi connectivity index (χ4v) is 2.19. The Hall–Kier alpha value is -2.75. The van der Waals surface area contributed by atoms with Crippen LogP contribution in [-0.4, -0.2) is 34.8 Å². The van der Waals surface area contributed by atoms with Crippen LogP contribution in [-0.2, 0) is 11.4 Å². The van der Waals surface area contributed by atoms with E-state index in [-0.39, 0.29) is 17.3 Å². The maximum absolute atomic E-state index is 11.5. The Kier molecular flexibility index (Phi) is 7.91.